The van der Waals surface area contributed by atoms with Crippen molar-refractivity contribution in [3.63, 3.8) is 0 Å². The molecule has 2 N–H and O–H groups in total. The van der Waals surface area contributed by atoms with E-state index >= 15 is 0 Å². The van der Waals surface area contributed by atoms with Gasteiger partial charge in [-0.1, -0.05) is 6.07 Å². The number of nitrogens with one attached hydrogen (secondary N) is 2. The molecule has 0 saturated carbocycles. The van der Waals surface area contributed by atoms with Gasteiger partial charge in [0, 0.05) is 23.5 Å². The first-order chi connectivity index (χ1) is 12.5. The highest BCUT2D eigenvalue weighted by Gasteiger charge is 2.30. The number of hydrogen-bond acceptors (Lipinski definition) is 3. The van der Waals surface area contributed by atoms with Crippen LogP contribution in [0.5, 0.6) is 0 Å². The third kappa shape index (κ3) is 4.60. The molecular formula is C19H18F2N2O2S. The Balaban J connectivity index is 1.49. The molecule has 136 valence electrons. The largest absolute Gasteiger partial charge is 0.356 e. The fraction of sp³-hybridized carbons (Fsp3) is 0.263. The average molecular weight is 376 g/mol. The van der Waals surface area contributed by atoms with Gasteiger partial charge < -0.3 is 10.6 Å². The summed E-state index contributed by atoms with van der Waals surface area (Å²) in [5.41, 5.74) is 0.984. The fourth-order valence-electron chi connectivity index (χ4n) is 2.80. The number of halogens is 2. The first kappa shape index (κ1) is 18.4. The lowest BCUT2D eigenvalue weighted by molar-refractivity contribution is -0.126. The summed E-state index contributed by atoms with van der Waals surface area (Å²) in [4.78, 5) is 25.2. The Hall–Kier alpha value is -2.41. The van der Waals surface area contributed by atoms with Gasteiger partial charge in [-0.3, -0.25) is 9.59 Å². The van der Waals surface area contributed by atoms with Crippen molar-refractivity contribution < 1.29 is 18.4 Å². The van der Waals surface area contributed by atoms with Crippen LogP contribution < -0.4 is 10.6 Å². The molecule has 0 saturated heterocycles. The van der Waals surface area contributed by atoms with Crippen molar-refractivity contribution in [3.05, 3.63) is 59.7 Å². The van der Waals surface area contributed by atoms with E-state index in [1.807, 2.05) is 0 Å². The number of carbonyl (C=O) groups excluding carboxylic acids is 2. The van der Waals surface area contributed by atoms with Crippen molar-refractivity contribution in [3.8, 4) is 0 Å². The zero-order valence-electron chi connectivity index (χ0n) is 13.9. The van der Waals surface area contributed by atoms with Crippen molar-refractivity contribution in [1.29, 1.82) is 0 Å². The first-order valence-electron chi connectivity index (χ1n) is 8.28. The van der Waals surface area contributed by atoms with Gasteiger partial charge in [-0.15, -0.1) is 11.8 Å². The maximum atomic E-state index is 13.3. The molecule has 2 amide bonds. The summed E-state index contributed by atoms with van der Waals surface area (Å²) in [7, 11) is 0. The second-order valence-electron chi connectivity index (χ2n) is 5.98. The van der Waals surface area contributed by atoms with E-state index in [4.69, 9.17) is 0 Å². The standard InChI is InChI=1S/C19H18F2N2O2S/c20-12-2-5-14(6-3-12)26-9-1-8-22-19(25)16-11-18(24)23-17-10-13(21)4-7-15(16)17/h2-7,10,16H,1,8-9,11H2,(H,22,25)(H,23,24). The maximum absolute atomic E-state index is 13.3. The van der Waals surface area contributed by atoms with Gasteiger partial charge in [-0.05, 0) is 54.1 Å². The molecular weight excluding hydrogens is 358 g/mol. The fourth-order valence-corrected chi connectivity index (χ4v) is 3.65. The van der Waals surface area contributed by atoms with E-state index in [-0.39, 0.29) is 24.1 Å². The lowest BCUT2D eigenvalue weighted by Crippen LogP contribution is -2.35. The normalized spacial score (nSPS) is 15.9. The summed E-state index contributed by atoms with van der Waals surface area (Å²) in [5.74, 6) is -1.08. The van der Waals surface area contributed by atoms with Gasteiger partial charge in [0.15, 0.2) is 0 Å². The number of hydrogen-bond donors (Lipinski definition) is 2. The van der Waals surface area contributed by atoms with Gasteiger partial charge in [0.05, 0.1) is 5.92 Å². The molecule has 1 heterocycles. The number of rotatable bonds is 6. The summed E-state index contributed by atoms with van der Waals surface area (Å²) >= 11 is 1.58. The third-order valence-corrected chi connectivity index (χ3v) is 5.17. The molecule has 2 aromatic rings. The molecule has 0 fully saturated rings. The van der Waals surface area contributed by atoms with Gasteiger partial charge in [0.2, 0.25) is 11.8 Å². The minimum atomic E-state index is -0.607. The van der Waals surface area contributed by atoms with E-state index in [9.17, 15) is 18.4 Å². The van der Waals surface area contributed by atoms with Crippen LogP contribution in [0.2, 0.25) is 0 Å². The molecule has 1 atom stereocenters. The maximum Gasteiger partial charge on any atom is 0.228 e. The van der Waals surface area contributed by atoms with Crippen LogP contribution in [0.25, 0.3) is 0 Å². The van der Waals surface area contributed by atoms with E-state index in [0.717, 1.165) is 17.1 Å². The van der Waals surface area contributed by atoms with Crippen LogP contribution >= 0.6 is 11.8 Å². The van der Waals surface area contributed by atoms with Crippen molar-refractivity contribution in [2.75, 3.05) is 17.6 Å². The minimum absolute atomic E-state index is 0.0504. The zero-order chi connectivity index (χ0) is 18.5. The van der Waals surface area contributed by atoms with Crippen molar-refractivity contribution in [1.82, 2.24) is 5.32 Å². The SMILES string of the molecule is O=C1CC(C(=O)NCCCSc2ccc(F)cc2)c2ccc(F)cc2N1. The highest BCUT2D eigenvalue weighted by molar-refractivity contribution is 7.99. The van der Waals surface area contributed by atoms with Crippen molar-refractivity contribution in [2.45, 2.75) is 23.7 Å². The lowest BCUT2D eigenvalue weighted by atomic mass is 9.89. The van der Waals surface area contributed by atoms with Gasteiger partial charge >= 0.3 is 0 Å². The Morgan fingerprint density at radius 2 is 1.88 bits per heavy atom. The second-order valence-corrected chi connectivity index (χ2v) is 7.15. The molecule has 0 bridgehead atoms. The predicted octanol–water partition coefficient (Wildman–Crippen LogP) is 3.69. The topological polar surface area (TPSA) is 58.2 Å². The number of fused-ring (bicyclic) bond motifs is 1. The molecule has 26 heavy (non-hydrogen) atoms. The molecule has 1 aliphatic rings. The quantitative estimate of drug-likeness (QED) is 0.597. The van der Waals surface area contributed by atoms with Gasteiger partial charge in [0.1, 0.15) is 11.6 Å². The van der Waals surface area contributed by atoms with Gasteiger partial charge in [-0.2, -0.15) is 0 Å². The summed E-state index contributed by atoms with van der Waals surface area (Å²) in [6.07, 6.45) is 0.789. The van der Waals surface area contributed by atoms with Crippen LogP contribution in [0.15, 0.2) is 47.4 Å². The molecule has 2 aromatic carbocycles. The highest BCUT2D eigenvalue weighted by Crippen LogP contribution is 2.32. The lowest BCUT2D eigenvalue weighted by Gasteiger charge is -2.24. The Kier molecular flexibility index (Phi) is 5.88. The molecule has 0 spiro atoms. The summed E-state index contributed by atoms with van der Waals surface area (Å²) in [6, 6.07) is 10.3. The van der Waals surface area contributed by atoms with Crippen molar-refractivity contribution in [2.24, 2.45) is 0 Å². The van der Waals surface area contributed by atoms with Gasteiger partial charge in [-0.25, -0.2) is 8.78 Å². The molecule has 3 rings (SSSR count). The molecule has 0 radical (unpaired) electrons. The molecule has 4 nitrogen and oxygen atoms in total. The Morgan fingerprint density at radius 3 is 2.65 bits per heavy atom. The Bertz CT molecular complexity index is 812. The first-order valence-corrected chi connectivity index (χ1v) is 9.27. The minimum Gasteiger partial charge on any atom is -0.356 e. The predicted molar refractivity (Wildman–Crippen MR) is 97.1 cm³/mol. The monoisotopic (exact) mass is 376 g/mol. The number of carbonyl (C=O) groups is 2. The second kappa shape index (κ2) is 8.31. The number of anilines is 1. The molecule has 7 heteroatoms. The van der Waals surface area contributed by atoms with E-state index in [0.29, 0.717) is 17.8 Å². The van der Waals surface area contributed by atoms with E-state index in [1.54, 1.807) is 30.0 Å². The van der Waals surface area contributed by atoms with E-state index < -0.39 is 11.7 Å². The number of amides is 2. The Morgan fingerprint density at radius 1 is 1.15 bits per heavy atom. The Labute approximate surface area is 154 Å². The zero-order valence-corrected chi connectivity index (χ0v) is 14.7. The number of benzene rings is 2. The summed E-state index contributed by atoms with van der Waals surface area (Å²) in [5, 5.41) is 5.43. The van der Waals surface area contributed by atoms with Crippen LogP contribution in [0.4, 0.5) is 14.5 Å². The van der Waals surface area contributed by atoms with Crippen LogP contribution in [0.3, 0.4) is 0 Å². The molecule has 1 unspecified atom stereocenters. The highest BCUT2D eigenvalue weighted by atomic mass is 32.2. The van der Waals surface area contributed by atoms with Crippen LogP contribution in [0, 0.1) is 11.6 Å². The van der Waals surface area contributed by atoms with Crippen molar-refractivity contribution >= 4 is 29.3 Å². The van der Waals surface area contributed by atoms with Crippen LogP contribution in [-0.4, -0.2) is 24.1 Å². The third-order valence-electron chi connectivity index (χ3n) is 4.07. The smallest absolute Gasteiger partial charge is 0.228 e. The molecule has 0 aliphatic carbocycles. The summed E-state index contributed by atoms with van der Waals surface area (Å²) < 4.78 is 26.2. The van der Waals surface area contributed by atoms with Crippen LogP contribution in [0.1, 0.15) is 24.3 Å². The average Bonchev–Trinajstić information content (AvgIpc) is 2.61. The van der Waals surface area contributed by atoms with E-state index in [2.05, 4.69) is 10.6 Å². The van der Waals surface area contributed by atoms with E-state index in [1.165, 1.54) is 24.3 Å². The molecule has 1 aliphatic heterocycles. The van der Waals surface area contributed by atoms with Gasteiger partial charge in [0.25, 0.3) is 0 Å². The van der Waals surface area contributed by atoms with Crippen LogP contribution in [-0.2, 0) is 9.59 Å². The summed E-state index contributed by atoms with van der Waals surface area (Å²) in [6.45, 7) is 0.474. The molecule has 0 aromatic heterocycles. The number of thioether (sulfide) groups is 1.